The summed E-state index contributed by atoms with van der Waals surface area (Å²) in [5, 5.41) is 9.61. The van der Waals surface area contributed by atoms with Gasteiger partial charge in [-0.1, -0.05) is 35.8 Å². The number of halogens is 1. The Morgan fingerprint density at radius 3 is 2.65 bits per heavy atom. The highest BCUT2D eigenvalue weighted by Crippen LogP contribution is 2.74. The quantitative estimate of drug-likeness (QED) is 0.785. The Labute approximate surface area is 128 Å². The van der Waals surface area contributed by atoms with E-state index in [1.54, 1.807) is 6.92 Å². The molecule has 0 aliphatic heterocycles. The summed E-state index contributed by atoms with van der Waals surface area (Å²) < 4.78 is 6.14. The van der Waals surface area contributed by atoms with Gasteiger partial charge in [-0.3, -0.25) is 4.79 Å². The number of carbonyl (C=O) groups is 1. The summed E-state index contributed by atoms with van der Waals surface area (Å²) in [4.78, 5) is 12.3. The molecule has 1 aromatic rings. The first kappa shape index (κ1) is 15.1. The van der Waals surface area contributed by atoms with Crippen LogP contribution in [0, 0.1) is 29.1 Å². The smallest absolute Gasteiger partial charge is 0.327 e. The van der Waals surface area contributed by atoms with Crippen LogP contribution in [0.15, 0.2) is 22.7 Å². The second-order valence-electron chi connectivity index (χ2n) is 5.80. The molecule has 0 N–H and O–H groups in total. The van der Waals surface area contributed by atoms with Crippen molar-refractivity contribution in [3.8, 4) is 6.07 Å². The fourth-order valence-electron chi connectivity index (χ4n) is 3.23. The summed E-state index contributed by atoms with van der Waals surface area (Å²) in [5.74, 6) is -0.521. The third kappa shape index (κ3) is 1.88. The van der Waals surface area contributed by atoms with Crippen molar-refractivity contribution in [2.24, 2.45) is 10.8 Å². The minimum Gasteiger partial charge on any atom is -0.465 e. The molecule has 0 radical (unpaired) electrons. The molecule has 20 heavy (non-hydrogen) atoms. The molecule has 4 heteroatoms. The molecule has 0 amide bonds. The van der Waals surface area contributed by atoms with Crippen LogP contribution >= 0.6 is 15.9 Å². The molecule has 0 spiro atoms. The van der Waals surface area contributed by atoms with Crippen LogP contribution in [0.3, 0.4) is 0 Å². The van der Waals surface area contributed by atoms with Crippen LogP contribution in [-0.4, -0.2) is 12.6 Å². The lowest BCUT2D eigenvalue weighted by Gasteiger charge is -2.10. The van der Waals surface area contributed by atoms with E-state index in [-0.39, 0.29) is 5.92 Å². The molecule has 0 heterocycles. The van der Waals surface area contributed by atoms with Gasteiger partial charge in [0.25, 0.3) is 0 Å². The van der Waals surface area contributed by atoms with Crippen LogP contribution < -0.4 is 0 Å². The van der Waals surface area contributed by atoms with Crippen LogP contribution in [-0.2, 0) is 9.53 Å². The van der Waals surface area contributed by atoms with Crippen molar-refractivity contribution in [3.05, 3.63) is 33.8 Å². The molecular formula is C16H18BrNO2. The van der Waals surface area contributed by atoms with Gasteiger partial charge < -0.3 is 4.74 Å². The van der Waals surface area contributed by atoms with E-state index in [1.807, 2.05) is 39.0 Å². The van der Waals surface area contributed by atoms with E-state index < -0.39 is 16.8 Å². The Bertz CT molecular complexity index is 603. The summed E-state index contributed by atoms with van der Waals surface area (Å²) in [6.45, 7) is 7.98. The Morgan fingerprint density at radius 1 is 1.50 bits per heavy atom. The fourth-order valence-corrected chi connectivity index (χ4v) is 3.70. The van der Waals surface area contributed by atoms with Gasteiger partial charge in [-0.05, 0) is 37.1 Å². The number of nitriles is 1. The molecule has 1 aliphatic rings. The van der Waals surface area contributed by atoms with Crippen molar-refractivity contribution in [1.82, 2.24) is 0 Å². The summed E-state index contributed by atoms with van der Waals surface area (Å²) >= 11 is 3.44. The van der Waals surface area contributed by atoms with Gasteiger partial charge in [-0.15, -0.1) is 0 Å². The molecule has 2 unspecified atom stereocenters. The average Bonchev–Trinajstić information content (AvgIpc) is 2.87. The molecule has 0 aromatic heterocycles. The molecule has 1 aromatic carbocycles. The Hall–Kier alpha value is -1.34. The highest BCUT2D eigenvalue weighted by molar-refractivity contribution is 9.10. The highest BCUT2D eigenvalue weighted by atomic mass is 79.9. The molecule has 0 saturated heterocycles. The third-order valence-corrected chi connectivity index (χ3v) is 4.90. The number of nitrogens with zero attached hydrogens (tertiary/aromatic N) is 1. The molecule has 106 valence electrons. The number of hydrogen-bond donors (Lipinski definition) is 0. The second-order valence-corrected chi connectivity index (χ2v) is 6.71. The topological polar surface area (TPSA) is 50.1 Å². The maximum Gasteiger partial charge on any atom is 0.327 e. The maximum atomic E-state index is 12.3. The van der Waals surface area contributed by atoms with E-state index in [4.69, 9.17) is 4.74 Å². The van der Waals surface area contributed by atoms with E-state index in [0.717, 1.165) is 15.6 Å². The van der Waals surface area contributed by atoms with Crippen LogP contribution in [0.5, 0.6) is 0 Å². The monoisotopic (exact) mass is 335 g/mol. The molecule has 2 rings (SSSR count). The number of ether oxygens (including phenoxy) is 1. The summed E-state index contributed by atoms with van der Waals surface area (Å²) in [6.07, 6.45) is 0. The summed E-state index contributed by atoms with van der Waals surface area (Å²) in [6, 6.07) is 8.18. The van der Waals surface area contributed by atoms with Gasteiger partial charge in [0.05, 0.1) is 12.7 Å². The van der Waals surface area contributed by atoms with Gasteiger partial charge in [-0.2, -0.15) is 5.26 Å². The van der Waals surface area contributed by atoms with E-state index >= 15 is 0 Å². The zero-order valence-electron chi connectivity index (χ0n) is 12.2. The van der Waals surface area contributed by atoms with Crippen molar-refractivity contribution >= 4 is 21.9 Å². The lowest BCUT2D eigenvalue weighted by atomic mass is 9.97. The van der Waals surface area contributed by atoms with Crippen LogP contribution in [0.2, 0.25) is 0 Å². The van der Waals surface area contributed by atoms with Crippen molar-refractivity contribution in [1.29, 1.82) is 5.26 Å². The third-order valence-electron chi connectivity index (χ3n) is 4.40. The first-order chi connectivity index (χ1) is 9.32. The van der Waals surface area contributed by atoms with Crippen molar-refractivity contribution in [2.75, 3.05) is 6.61 Å². The standard InChI is InChI=1S/C16H18BrNO2/c1-5-20-14(19)16(9-18)13(15(16,3)4)12-7-6-11(17)8-10(12)2/h6-8,13H,5H2,1-4H3. The molecule has 1 saturated carbocycles. The van der Waals surface area contributed by atoms with Gasteiger partial charge in [0.2, 0.25) is 0 Å². The zero-order valence-corrected chi connectivity index (χ0v) is 13.7. The molecule has 1 aliphatic carbocycles. The van der Waals surface area contributed by atoms with Crippen molar-refractivity contribution in [2.45, 2.75) is 33.6 Å². The fraction of sp³-hybridized carbons (Fsp3) is 0.500. The first-order valence-electron chi connectivity index (χ1n) is 6.67. The van der Waals surface area contributed by atoms with Gasteiger partial charge in [0, 0.05) is 15.8 Å². The molecule has 1 fully saturated rings. The van der Waals surface area contributed by atoms with E-state index in [0.29, 0.717) is 6.61 Å². The first-order valence-corrected chi connectivity index (χ1v) is 7.46. The average molecular weight is 336 g/mol. The van der Waals surface area contributed by atoms with Crippen LogP contribution in [0.1, 0.15) is 37.8 Å². The number of aryl methyl sites for hydroxylation is 1. The van der Waals surface area contributed by atoms with Gasteiger partial charge in [0.15, 0.2) is 5.41 Å². The normalized spacial score (nSPS) is 26.7. The predicted octanol–water partition coefficient (Wildman–Crippen LogP) is 3.95. The van der Waals surface area contributed by atoms with E-state index in [9.17, 15) is 10.1 Å². The van der Waals surface area contributed by atoms with Crippen molar-refractivity contribution < 1.29 is 9.53 Å². The Kier molecular flexibility index (Phi) is 3.68. The molecular weight excluding hydrogens is 318 g/mol. The predicted molar refractivity (Wildman–Crippen MR) is 80.1 cm³/mol. The largest absolute Gasteiger partial charge is 0.465 e. The number of carbonyl (C=O) groups excluding carboxylic acids is 1. The summed E-state index contributed by atoms with van der Waals surface area (Å²) in [5.41, 5.74) is 0.653. The van der Waals surface area contributed by atoms with Gasteiger partial charge in [0.1, 0.15) is 0 Å². The highest BCUT2D eigenvalue weighted by Gasteiger charge is 2.78. The number of hydrogen-bond acceptors (Lipinski definition) is 3. The number of esters is 1. The Balaban J connectivity index is 2.48. The minimum atomic E-state index is -1.07. The van der Waals surface area contributed by atoms with Gasteiger partial charge in [-0.25, -0.2) is 0 Å². The van der Waals surface area contributed by atoms with E-state index in [1.165, 1.54) is 0 Å². The number of benzene rings is 1. The molecule has 3 nitrogen and oxygen atoms in total. The van der Waals surface area contributed by atoms with Crippen LogP contribution in [0.4, 0.5) is 0 Å². The minimum absolute atomic E-state index is 0.118. The summed E-state index contributed by atoms with van der Waals surface area (Å²) in [7, 11) is 0. The SMILES string of the molecule is CCOC(=O)C1(C#N)C(c2ccc(Br)cc2C)C1(C)C. The molecule has 0 bridgehead atoms. The molecule has 2 atom stereocenters. The number of rotatable bonds is 3. The van der Waals surface area contributed by atoms with Gasteiger partial charge >= 0.3 is 5.97 Å². The van der Waals surface area contributed by atoms with Crippen LogP contribution in [0.25, 0.3) is 0 Å². The lowest BCUT2D eigenvalue weighted by molar-refractivity contribution is -0.148. The van der Waals surface area contributed by atoms with E-state index in [2.05, 4.69) is 22.0 Å². The van der Waals surface area contributed by atoms with Crippen molar-refractivity contribution in [3.63, 3.8) is 0 Å². The Morgan fingerprint density at radius 2 is 2.15 bits per heavy atom. The second kappa shape index (κ2) is 4.89. The lowest BCUT2D eigenvalue weighted by Crippen LogP contribution is -2.23. The maximum absolute atomic E-state index is 12.3. The zero-order chi connectivity index (χ0) is 15.1.